The maximum absolute atomic E-state index is 8.74. The molecule has 0 aliphatic heterocycles. The molecule has 0 heterocycles. The van der Waals surface area contributed by atoms with Gasteiger partial charge in [0.2, 0.25) is 0 Å². The predicted molar refractivity (Wildman–Crippen MR) is 71.8 cm³/mol. The zero-order valence-electron chi connectivity index (χ0n) is 9.93. The fourth-order valence-electron chi connectivity index (χ4n) is 1.69. The Morgan fingerprint density at radius 3 is 1.94 bits per heavy atom. The van der Waals surface area contributed by atoms with Crippen molar-refractivity contribution < 1.29 is 4.74 Å². The van der Waals surface area contributed by atoms with E-state index in [4.69, 9.17) is 21.6 Å². The molecule has 2 nitrogen and oxygen atoms in total. The Balaban J connectivity index is 2.23. The quantitative estimate of drug-likeness (QED) is 0.782. The van der Waals surface area contributed by atoms with Crippen LogP contribution in [-0.2, 0) is 0 Å². The first kappa shape index (κ1) is 12.5. The third kappa shape index (κ3) is 2.64. The number of hydrogen-bond acceptors (Lipinski definition) is 2. The zero-order valence-corrected chi connectivity index (χ0v) is 10.7. The number of rotatable bonds is 3. The van der Waals surface area contributed by atoms with Crippen LogP contribution in [0.3, 0.4) is 0 Å². The number of alkyl halides is 1. The van der Waals surface area contributed by atoms with Crippen molar-refractivity contribution in [3.8, 4) is 11.8 Å². The first-order valence-corrected chi connectivity index (χ1v) is 5.96. The molecule has 0 aromatic heterocycles. The standard InChI is InChI=1S/C15H12ClNO/c1-18-14-8-6-13(7-9-14)15(16)12-4-2-11(10-17)3-5-12/h2-9,15H,1H3. The van der Waals surface area contributed by atoms with Crippen LogP contribution < -0.4 is 4.74 Å². The van der Waals surface area contributed by atoms with Crippen molar-refractivity contribution >= 4 is 11.6 Å². The van der Waals surface area contributed by atoms with Gasteiger partial charge in [0.1, 0.15) is 5.75 Å². The normalized spacial score (nSPS) is 11.6. The first-order valence-electron chi connectivity index (χ1n) is 5.52. The molecule has 0 fully saturated rings. The molecule has 0 saturated carbocycles. The maximum atomic E-state index is 8.74. The fourth-order valence-corrected chi connectivity index (χ4v) is 1.98. The van der Waals surface area contributed by atoms with E-state index >= 15 is 0 Å². The molecule has 3 heteroatoms. The van der Waals surface area contributed by atoms with Gasteiger partial charge in [-0.15, -0.1) is 11.6 Å². The monoisotopic (exact) mass is 257 g/mol. The summed E-state index contributed by atoms with van der Waals surface area (Å²) in [5.41, 5.74) is 2.61. The van der Waals surface area contributed by atoms with Crippen LogP contribution >= 0.6 is 11.6 Å². The maximum Gasteiger partial charge on any atom is 0.118 e. The summed E-state index contributed by atoms with van der Waals surface area (Å²) < 4.78 is 5.11. The molecule has 2 aromatic rings. The number of methoxy groups -OCH3 is 1. The van der Waals surface area contributed by atoms with E-state index in [9.17, 15) is 0 Å². The minimum Gasteiger partial charge on any atom is -0.497 e. The molecule has 0 spiro atoms. The van der Waals surface area contributed by atoms with E-state index in [0.29, 0.717) is 5.56 Å². The average molecular weight is 258 g/mol. The van der Waals surface area contributed by atoms with Crippen LogP contribution in [0.5, 0.6) is 5.75 Å². The minimum absolute atomic E-state index is 0.219. The third-order valence-corrected chi connectivity index (χ3v) is 3.24. The Kier molecular flexibility index (Phi) is 3.86. The van der Waals surface area contributed by atoms with Crippen molar-refractivity contribution in [3.63, 3.8) is 0 Å². The molecular formula is C15H12ClNO. The summed E-state index contributed by atoms with van der Waals surface area (Å²) in [5, 5.41) is 8.53. The molecule has 18 heavy (non-hydrogen) atoms. The van der Waals surface area contributed by atoms with Crippen LogP contribution in [0.15, 0.2) is 48.5 Å². The summed E-state index contributed by atoms with van der Waals surface area (Å²) in [4.78, 5) is 0. The van der Waals surface area contributed by atoms with E-state index in [0.717, 1.165) is 16.9 Å². The van der Waals surface area contributed by atoms with E-state index in [1.807, 2.05) is 36.4 Å². The molecule has 0 radical (unpaired) electrons. The van der Waals surface area contributed by atoms with Crippen LogP contribution in [0.2, 0.25) is 0 Å². The molecule has 2 aromatic carbocycles. The fraction of sp³-hybridized carbons (Fsp3) is 0.133. The summed E-state index contributed by atoms with van der Waals surface area (Å²) >= 11 is 6.40. The average Bonchev–Trinajstić information content (AvgIpc) is 2.47. The number of nitriles is 1. The molecule has 0 N–H and O–H groups in total. The van der Waals surface area contributed by atoms with E-state index in [2.05, 4.69) is 6.07 Å². The van der Waals surface area contributed by atoms with Gasteiger partial charge in [-0.3, -0.25) is 0 Å². The van der Waals surface area contributed by atoms with Gasteiger partial charge in [-0.1, -0.05) is 24.3 Å². The highest BCUT2D eigenvalue weighted by atomic mass is 35.5. The second kappa shape index (κ2) is 5.57. The largest absolute Gasteiger partial charge is 0.497 e. The highest BCUT2D eigenvalue weighted by molar-refractivity contribution is 6.22. The van der Waals surface area contributed by atoms with E-state index < -0.39 is 0 Å². The van der Waals surface area contributed by atoms with Gasteiger partial charge in [0.15, 0.2) is 0 Å². The number of nitrogens with zero attached hydrogens (tertiary/aromatic N) is 1. The molecule has 0 amide bonds. The van der Waals surface area contributed by atoms with Crippen LogP contribution in [-0.4, -0.2) is 7.11 Å². The topological polar surface area (TPSA) is 33.0 Å². The van der Waals surface area contributed by atoms with E-state index in [-0.39, 0.29) is 5.38 Å². The molecule has 90 valence electrons. The van der Waals surface area contributed by atoms with Crippen LogP contribution in [0, 0.1) is 11.3 Å². The summed E-state index contributed by atoms with van der Waals surface area (Å²) in [6.45, 7) is 0. The van der Waals surface area contributed by atoms with Gasteiger partial charge in [0.25, 0.3) is 0 Å². The Labute approximate surface area is 111 Å². The van der Waals surface area contributed by atoms with Crippen molar-refractivity contribution in [3.05, 3.63) is 65.2 Å². The molecule has 0 aliphatic rings. The van der Waals surface area contributed by atoms with Gasteiger partial charge in [-0.05, 0) is 35.4 Å². The molecule has 0 bridgehead atoms. The smallest absolute Gasteiger partial charge is 0.118 e. The molecule has 1 atom stereocenters. The van der Waals surface area contributed by atoms with Crippen molar-refractivity contribution in [1.82, 2.24) is 0 Å². The third-order valence-electron chi connectivity index (χ3n) is 2.74. The highest BCUT2D eigenvalue weighted by Gasteiger charge is 2.10. The molecule has 0 aliphatic carbocycles. The van der Waals surface area contributed by atoms with Gasteiger partial charge < -0.3 is 4.74 Å². The summed E-state index contributed by atoms with van der Waals surface area (Å²) in [6, 6.07) is 17.0. The number of benzene rings is 2. The lowest BCUT2D eigenvalue weighted by molar-refractivity contribution is 0.414. The first-order chi connectivity index (χ1) is 8.74. The number of halogens is 1. The SMILES string of the molecule is COc1ccc(C(Cl)c2ccc(C#N)cc2)cc1. The summed E-state index contributed by atoms with van der Waals surface area (Å²) in [7, 11) is 1.63. The zero-order chi connectivity index (χ0) is 13.0. The van der Waals surface area contributed by atoms with Crippen LogP contribution in [0.25, 0.3) is 0 Å². The lowest BCUT2D eigenvalue weighted by Gasteiger charge is -2.11. The summed E-state index contributed by atoms with van der Waals surface area (Å²) in [5.74, 6) is 0.808. The number of ether oxygens (including phenoxy) is 1. The van der Waals surface area contributed by atoms with Crippen molar-refractivity contribution in [2.45, 2.75) is 5.38 Å². The number of hydrogen-bond donors (Lipinski definition) is 0. The van der Waals surface area contributed by atoms with Gasteiger partial charge in [-0.2, -0.15) is 5.26 Å². The van der Waals surface area contributed by atoms with Crippen molar-refractivity contribution in [2.24, 2.45) is 0 Å². The van der Waals surface area contributed by atoms with Gasteiger partial charge in [-0.25, -0.2) is 0 Å². The van der Waals surface area contributed by atoms with Crippen molar-refractivity contribution in [2.75, 3.05) is 7.11 Å². The van der Waals surface area contributed by atoms with E-state index in [1.54, 1.807) is 19.2 Å². The lowest BCUT2D eigenvalue weighted by atomic mass is 10.0. The highest BCUT2D eigenvalue weighted by Crippen LogP contribution is 2.29. The van der Waals surface area contributed by atoms with Gasteiger partial charge >= 0.3 is 0 Å². The van der Waals surface area contributed by atoms with Gasteiger partial charge in [0, 0.05) is 0 Å². The second-order valence-corrected chi connectivity index (χ2v) is 4.31. The second-order valence-electron chi connectivity index (χ2n) is 3.87. The Morgan fingerprint density at radius 1 is 1.00 bits per heavy atom. The summed E-state index contributed by atoms with van der Waals surface area (Å²) in [6.07, 6.45) is 0. The van der Waals surface area contributed by atoms with Crippen LogP contribution in [0.1, 0.15) is 22.1 Å². The molecule has 0 saturated heterocycles. The Bertz CT molecular complexity index is 555. The van der Waals surface area contributed by atoms with E-state index in [1.165, 1.54) is 0 Å². The Morgan fingerprint density at radius 2 is 1.50 bits per heavy atom. The minimum atomic E-state index is -0.219. The lowest BCUT2D eigenvalue weighted by Crippen LogP contribution is -1.93. The Hall–Kier alpha value is -1.98. The van der Waals surface area contributed by atoms with Gasteiger partial charge in [0.05, 0.1) is 24.1 Å². The molecular weight excluding hydrogens is 246 g/mol. The van der Waals surface area contributed by atoms with Crippen molar-refractivity contribution in [1.29, 1.82) is 5.26 Å². The molecule has 1 unspecified atom stereocenters. The molecule has 2 rings (SSSR count). The van der Waals surface area contributed by atoms with Crippen LogP contribution in [0.4, 0.5) is 0 Å². The predicted octanol–water partition coefficient (Wildman–Crippen LogP) is 3.90.